The second-order valence-electron chi connectivity index (χ2n) is 4.70. The van der Waals surface area contributed by atoms with Crippen LogP contribution in [-0.4, -0.2) is 19.9 Å². The Morgan fingerprint density at radius 3 is 2.41 bits per heavy atom. The zero-order valence-corrected chi connectivity index (χ0v) is 11.0. The second-order valence-corrected chi connectivity index (χ2v) is 4.70. The van der Waals surface area contributed by atoms with Gasteiger partial charge in [-0.05, 0) is 17.7 Å². The van der Waals surface area contributed by atoms with Crippen LogP contribution in [0.3, 0.4) is 0 Å². The lowest BCUT2D eigenvalue weighted by Gasteiger charge is -2.06. The van der Waals surface area contributed by atoms with Crippen LogP contribution in [0.25, 0.3) is 11.2 Å². The highest BCUT2D eigenvalue weighted by Gasteiger charge is 2.29. The van der Waals surface area contributed by atoms with Crippen molar-refractivity contribution in [2.24, 2.45) is 0 Å². The predicted molar refractivity (Wildman–Crippen MR) is 73.2 cm³/mol. The van der Waals surface area contributed by atoms with Crippen LogP contribution in [0.1, 0.15) is 17.0 Å². The molecular formula is C13H10F3N5O. The second kappa shape index (κ2) is 4.86. The highest BCUT2D eigenvalue weighted by atomic mass is 19.4. The van der Waals surface area contributed by atoms with E-state index >= 15 is 0 Å². The van der Waals surface area contributed by atoms with Crippen LogP contribution in [0, 0.1) is 0 Å². The number of benzene rings is 1. The Morgan fingerprint density at radius 1 is 1.09 bits per heavy atom. The number of nitrogens with zero attached hydrogens (tertiary/aromatic N) is 2. The molecule has 3 rings (SSSR count). The monoisotopic (exact) mass is 309 g/mol. The molecule has 0 unspecified atom stereocenters. The number of rotatable bonds is 2. The number of aromatic nitrogens is 4. The van der Waals surface area contributed by atoms with E-state index in [-0.39, 0.29) is 23.5 Å². The van der Waals surface area contributed by atoms with Gasteiger partial charge in [-0.25, -0.2) is 4.98 Å². The van der Waals surface area contributed by atoms with Gasteiger partial charge in [0.2, 0.25) is 5.95 Å². The van der Waals surface area contributed by atoms with Gasteiger partial charge in [-0.2, -0.15) is 18.2 Å². The Labute approximate surface area is 121 Å². The SMILES string of the molecule is Nc1nc2nc(Cc3ccc(C(F)(F)F)cc3)[nH]c2c(=O)[nH]1. The van der Waals surface area contributed by atoms with E-state index in [9.17, 15) is 18.0 Å². The number of fused-ring (bicyclic) bond motifs is 1. The maximum atomic E-state index is 12.5. The molecule has 2 heterocycles. The topological polar surface area (TPSA) is 100 Å². The lowest BCUT2D eigenvalue weighted by atomic mass is 10.1. The third-order valence-electron chi connectivity index (χ3n) is 3.08. The average molecular weight is 309 g/mol. The Balaban J connectivity index is 1.90. The Bertz CT molecular complexity index is 879. The van der Waals surface area contributed by atoms with Crippen LogP contribution in [0.5, 0.6) is 0 Å². The fraction of sp³-hybridized carbons (Fsp3) is 0.154. The van der Waals surface area contributed by atoms with Gasteiger partial charge in [0.25, 0.3) is 5.56 Å². The lowest BCUT2D eigenvalue weighted by molar-refractivity contribution is -0.137. The van der Waals surface area contributed by atoms with Crippen LogP contribution < -0.4 is 11.3 Å². The summed E-state index contributed by atoms with van der Waals surface area (Å²) in [7, 11) is 0. The Morgan fingerprint density at radius 2 is 1.77 bits per heavy atom. The number of hydrogen-bond acceptors (Lipinski definition) is 4. The van der Waals surface area contributed by atoms with Crippen molar-refractivity contribution in [3.05, 3.63) is 51.6 Å². The molecule has 0 saturated carbocycles. The number of nitrogens with one attached hydrogen (secondary N) is 2. The summed E-state index contributed by atoms with van der Waals surface area (Å²) >= 11 is 0. The van der Waals surface area contributed by atoms with Crippen molar-refractivity contribution in [1.29, 1.82) is 0 Å². The molecule has 0 aliphatic carbocycles. The summed E-state index contributed by atoms with van der Waals surface area (Å²) in [6.45, 7) is 0. The summed E-state index contributed by atoms with van der Waals surface area (Å²) in [5.74, 6) is 0.364. The predicted octanol–water partition coefficient (Wildman–Crippen LogP) is 1.84. The molecule has 0 saturated heterocycles. The minimum Gasteiger partial charge on any atom is -0.369 e. The number of imidazole rings is 1. The fourth-order valence-corrected chi connectivity index (χ4v) is 2.06. The van der Waals surface area contributed by atoms with E-state index in [0.29, 0.717) is 11.4 Å². The van der Waals surface area contributed by atoms with E-state index in [1.807, 2.05) is 0 Å². The molecule has 22 heavy (non-hydrogen) atoms. The van der Waals surface area contributed by atoms with Crippen molar-refractivity contribution in [3.63, 3.8) is 0 Å². The van der Waals surface area contributed by atoms with Gasteiger partial charge in [-0.15, -0.1) is 0 Å². The normalized spacial score (nSPS) is 12.0. The zero-order valence-electron chi connectivity index (χ0n) is 11.0. The first-order valence-corrected chi connectivity index (χ1v) is 6.23. The molecule has 6 nitrogen and oxygen atoms in total. The first-order valence-electron chi connectivity index (χ1n) is 6.23. The Hall–Kier alpha value is -2.84. The first kappa shape index (κ1) is 14.1. The van der Waals surface area contributed by atoms with Crippen LogP contribution >= 0.6 is 0 Å². The largest absolute Gasteiger partial charge is 0.416 e. The summed E-state index contributed by atoms with van der Waals surface area (Å²) in [6.07, 6.45) is -4.12. The molecule has 4 N–H and O–H groups in total. The van der Waals surface area contributed by atoms with E-state index < -0.39 is 17.3 Å². The van der Waals surface area contributed by atoms with E-state index in [4.69, 9.17) is 5.73 Å². The number of H-pyrrole nitrogens is 2. The number of nitrogens with two attached hydrogens (primary N) is 1. The number of nitrogen functional groups attached to an aromatic ring is 1. The number of hydrogen-bond donors (Lipinski definition) is 3. The van der Waals surface area contributed by atoms with Crippen molar-refractivity contribution in [1.82, 2.24) is 19.9 Å². The maximum absolute atomic E-state index is 12.5. The van der Waals surface area contributed by atoms with Crippen molar-refractivity contribution < 1.29 is 13.2 Å². The number of aromatic amines is 2. The number of halogens is 3. The van der Waals surface area contributed by atoms with Gasteiger partial charge in [0.05, 0.1) is 5.56 Å². The van der Waals surface area contributed by atoms with Crippen LogP contribution in [0.4, 0.5) is 19.1 Å². The highest BCUT2D eigenvalue weighted by Crippen LogP contribution is 2.29. The van der Waals surface area contributed by atoms with Gasteiger partial charge in [0.1, 0.15) is 5.82 Å². The molecule has 0 aliphatic heterocycles. The summed E-state index contributed by atoms with van der Waals surface area (Å²) in [4.78, 5) is 24.8. The van der Waals surface area contributed by atoms with Crippen molar-refractivity contribution in [3.8, 4) is 0 Å². The van der Waals surface area contributed by atoms with Crippen molar-refractivity contribution in [2.75, 3.05) is 5.73 Å². The number of anilines is 1. The molecule has 1 aromatic carbocycles. The van der Waals surface area contributed by atoms with Crippen LogP contribution in [-0.2, 0) is 12.6 Å². The Kier molecular flexibility index (Phi) is 3.12. The molecule has 9 heteroatoms. The molecule has 0 fully saturated rings. The fourth-order valence-electron chi connectivity index (χ4n) is 2.06. The number of alkyl halides is 3. The smallest absolute Gasteiger partial charge is 0.369 e. The summed E-state index contributed by atoms with van der Waals surface area (Å²) < 4.78 is 37.5. The summed E-state index contributed by atoms with van der Waals surface area (Å²) in [6, 6.07) is 4.73. The molecule has 0 aliphatic rings. The van der Waals surface area contributed by atoms with E-state index in [1.165, 1.54) is 12.1 Å². The minimum atomic E-state index is -4.37. The lowest BCUT2D eigenvalue weighted by Crippen LogP contribution is -2.10. The van der Waals surface area contributed by atoms with Crippen LogP contribution in [0.2, 0.25) is 0 Å². The molecule has 0 radical (unpaired) electrons. The molecule has 0 bridgehead atoms. The first-order chi connectivity index (χ1) is 10.3. The van der Waals surface area contributed by atoms with Crippen LogP contribution in [0.15, 0.2) is 29.1 Å². The van der Waals surface area contributed by atoms with E-state index in [1.54, 1.807) is 0 Å². The summed E-state index contributed by atoms with van der Waals surface area (Å²) in [5, 5.41) is 0. The molecule has 3 aromatic rings. The van der Waals surface area contributed by atoms with Crippen molar-refractivity contribution in [2.45, 2.75) is 12.6 Å². The zero-order chi connectivity index (χ0) is 15.9. The summed E-state index contributed by atoms with van der Waals surface area (Å²) in [5.41, 5.74) is 5.22. The van der Waals surface area contributed by atoms with E-state index in [0.717, 1.165) is 12.1 Å². The third-order valence-corrected chi connectivity index (χ3v) is 3.08. The van der Waals surface area contributed by atoms with Gasteiger partial charge in [0, 0.05) is 6.42 Å². The molecule has 0 spiro atoms. The van der Waals surface area contributed by atoms with Gasteiger partial charge < -0.3 is 10.7 Å². The van der Waals surface area contributed by atoms with Crippen molar-refractivity contribution >= 4 is 17.1 Å². The van der Waals surface area contributed by atoms with Gasteiger partial charge >= 0.3 is 6.18 Å². The molecular weight excluding hydrogens is 299 g/mol. The molecule has 0 amide bonds. The minimum absolute atomic E-state index is 0.0509. The van der Waals surface area contributed by atoms with Gasteiger partial charge in [0.15, 0.2) is 11.2 Å². The highest BCUT2D eigenvalue weighted by molar-refractivity contribution is 5.70. The average Bonchev–Trinajstić information content (AvgIpc) is 2.81. The third kappa shape index (κ3) is 2.65. The van der Waals surface area contributed by atoms with E-state index in [2.05, 4.69) is 19.9 Å². The maximum Gasteiger partial charge on any atom is 0.416 e. The molecule has 0 atom stereocenters. The molecule has 114 valence electrons. The van der Waals surface area contributed by atoms with Gasteiger partial charge in [-0.1, -0.05) is 12.1 Å². The molecule has 2 aromatic heterocycles. The quantitative estimate of drug-likeness (QED) is 0.672. The van der Waals surface area contributed by atoms with Gasteiger partial charge in [-0.3, -0.25) is 9.78 Å². The standard InChI is InChI=1S/C13H10F3N5O/c14-13(15,16)7-3-1-6(2-4-7)5-8-18-9-10(19-8)20-12(17)21-11(9)22/h1-4H,5H2,(H4,17,18,19,20,21,22).